The molecule has 0 saturated heterocycles. The molecule has 6 heteroatoms. The van der Waals surface area contributed by atoms with Crippen LogP contribution in [0, 0.1) is 11.8 Å². The molecule has 0 aliphatic carbocycles. The topological polar surface area (TPSA) is 81.9 Å². The molecule has 1 aromatic rings. The van der Waals surface area contributed by atoms with Crippen LogP contribution < -0.4 is 15.2 Å². The minimum absolute atomic E-state index is 0.126. The average molecular weight is 336 g/mol. The molecule has 0 unspecified atom stereocenters. The molecule has 2 N–H and O–H groups in total. The zero-order valence-corrected chi connectivity index (χ0v) is 15.2. The summed E-state index contributed by atoms with van der Waals surface area (Å²) in [6.07, 6.45) is 0. The summed E-state index contributed by atoms with van der Waals surface area (Å²) >= 11 is 0. The molecule has 0 radical (unpaired) electrons. The van der Waals surface area contributed by atoms with Crippen LogP contribution in [0.3, 0.4) is 0 Å². The molecule has 0 heterocycles. The molecule has 134 valence electrons. The highest BCUT2D eigenvalue weighted by atomic mass is 16.5. The number of ether oxygens (including phenoxy) is 2. The molecule has 1 rings (SSSR count). The Kier molecular flexibility index (Phi) is 7.55. The van der Waals surface area contributed by atoms with Gasteiger partial charge in [0.05, 0.1) is 12.7 Å². The smallest absolute Gasteiger partial charge is 0.260 e. The quantitative estimate of drug-likeness (QED) is 0.750. The molecule has 0 aliphatic rings. The van der Waals surface area contributed by atoms with E-state index in [-0.39, 0.29) is 23.8 Å². The van der Waals surface area contributed by atoms with Crippen LogP contribution in [-0.2, 0) is 4.79 Å². The first-order valence-corrected chi connectivity index (χ1v) is 8.13. The standard InChI is InChI=1S/C18H28N2O4/c1-12(2)9-20(10-13(3)4)16(21)11-24-17-14(18(19)22)7-6-8-15(17)23-5/h6-8,12-13H,9-11H2,1-5H3,(H2,19,22). The van der Waals surface area contributed by atoms with Crippen molar-refractivity contribution in [2.75, 3.05) is 26.8 Å². The van der Waals surface area contributed by atoms with Gasteiger partial charge in [-0.15, -0.1) is 0 Å². The number of rotatable bonds is 9. The number of nitrogens with zero attached hydrogens (tertiary/aromatic N) is 1. The fourth-order valence-corrected chi connectivity index (χ4v) is 2.40. The lowest BCUT2D eigenvalue weighted by Crippen LogP contribution is -2.40. The van der Waals surface area contributed by atoms with Gasteiger partial charge in [-0.1, -0.05) is 33.8 Å². The van der Waals surface area contributed by atoms with Crippen molar-refractivity contribution in [1.29, 1.82) is 0 Å². The molecule has 0 atom stereocenters. The monoisotopic (exact) mass is 336 g/mol. The second-order valence-electron chi connectivity index (χ2n) is 6.58. The third-order valence-electron chi connectivity index (χ3n) is 3.33. The van der Waals surface area contributed by atoms with E-state index in [4.69, 9.17) is 15.2 Å². The van der Waals surface area contributed by atoms with Gasteiger partial charge in [-0.2, -0.15) is 0 Å². The number of amides is 2. The highest BCUT2D eigenvalue weighted by Gasteiger charge is 2.20. The van der Waals surface area contributed by atoms with E-state index in [2.05, 4.69) is 27.7 Å². The molecule has 24 heavy (non-hydrogen) atoms. The first kappa shape index (κ1) is 19.8. The van der Waals surface area contributed by atoms with E-state index in [9.17, 15) is 9.59 Å². The first-order chi connectivity index (χ1) is 11.3. The Hall–Kier alpha value is -2.24. The van der Waals surface area contributed by atoms with Crippen LogP contribution in [0.4, 0.5) is 0 Å². The summed E-state index contributed by atoms with van der Waals surface area (Å²) in [7, 11) is 1.47. The van der Waals surface area contributed by atoms with Gasteiger partial charge in [0.2, 0.25) is 0 Å². The summed E-state index contributed by atoms with van der Waals surface area (Å²) in [5.74, 6) is 0.546. The fourth-order valence-electron chi connectivity index (χ4n) is 2.40. The normalized spacial score (nSPS) is 10.8. The lowest BCUT2D eigenvalue weighted by atomic mass is 10.1. The summed E-state index contributed by atoms with van der Waals surface area (Å²) in [4.78, 5) is 25.8. The molecule has 0 aromatic heterocycles. The number of benzene rings is 1. The van der Waals surface area contributed by atoms with Crippen molar-refractivity contribution in [3.8, 4) is 11.5 Å². The zero-order valence-electron chi connectivity index (χ0n) is 15.2. The number of methoxy groups -OCH3 is 1. The minimum Gasteiger partial charge on any atom is -0.493 e. The maximum atomic E-state index is 12.5. The van der Waals surface area contributed by atoms with E-state index in [0.29, 0.717) is 30.7 Å². The van der Waals surface area contributed by atoms with Gasteiger partial charge >= 0.3 is 0 Å². The zero-order chi connectivity index (χ0) is 18.3. The van der Waals surface area contributed by atoms with Gasteiger partial charge in [-0.05, 0) is 24.0 Å². The molecule has 1 aromatic carbocycles. The van der Waals surface area contributed by atoms with E-state index < -0.39 is 5.91 Å². The molecule has 2 amide bonds. The van der Waals surface area contributed by atoms with Crippen LogP contribution in [0.25, 0.3) is 0 Å². The molecule has 0 fully saturated rings. The van der Waals surface area contributed by atoms with Gasteiger partial charge < -0.3 is 20.1 Å². The summed E-state index contributed by atoms with van der Waals surface area (Å²) in [6.45, 7) is 9.41. The lowest BCUT2D eigenvalue weighted by Gasteiger charge is -2.26. The Morgan fingerprint density at radius 1 is 1.12 bits per heavy atom. The predicted molar refractivity (Wildman–Crippen MR) is 93.3 cm³/mol. The summed E-state index contributed by atoms with van der Waals surface area (Å²) in [5.41, 5.74) is 5.56. The van der Waals surface area contributed by atoms with Crippen molar-refractivity contribution < 1.29 is 19.1 Å². The lowest BCUT2D eigenvalue weighted by molar-refractivity contribution is -0.134. The van der Waals surface area contributed by atoms with Crippen molar-refractivity contribution in [2.24, 2.45) is 17.6 Å². The van der Waals surface area contributed by atoms with Crippen LogP contribution in [-0.4, -0.2) is 43.5 Å². The van der Waals surface area contributed by atoms with Gasteiger partial charge in [0.15, 0.2) is 18.1 Å². The SMILES string of the molecule is COc1cccc(C(N)=O)c1OCC(=O)N(CC(C)C)CC(C)C. The molecule has 0 aliphatic heterocycles. The van der Waals surface area contributed by atoms with Gasteiger partial charge in [0, 0.05) is 13.1 Å². The second kappa shape index (κ2) is 9.15. The number of primary amides is 1. The van der Waals surface area contributed by atoms with Crippen LogP contribution in [0.5, 0.6) is 11.5 Å². The van der Waals surface area contributed by atoms with Crippen LogP contribution in [0.15, 0.2) is 18.2 Å². The number of nitrogens with two attached hydrogens (primary N) is 1. The van der Waals surface area contributed by atoms with E-state index >= 15 is 0 Å². The van der Waals surface area contributed by atoms with E-state index in [1.807, 2.05) is 0 Å². The maximum absolute atomic E-state index is 12.5. The molecule has 0 saturated carbocycles. The largest absolute Gasteiger partial charge is 0.493 e. The Bertz CT molecular complexity index is 560. The molecule has 0 bridgehead atoms. The second-order valence-corrected chi connectivity index (χ2v) is 6.58. The Morgan fingerprint density at radius 2 is 1.71 bits per heavy atom. The van der Waals surface area contributed by atoms with Crippen LogP contribution in [0.1, 0.15) is 38.1 Å². The maximum Gasteiger partial charge on any atom is 0.260 e. The Labute approximate surface area is 143 Å². The molecule has 0 spiro atoms. The van der Waals surface area contributed by atoms with Crippen molar-refractivity contribution in [1.82, 2.24) is 4.90 Å². The summed E-state index contributed by atoms with van der Waals surface area (Å²) < 4.78 is 10.8. The number of hydrogen-bond acceptors (Lipinski definition) is 4. The van der Waals surface area contributed by atoms with Gasteiger partial charge in [-0.3, -0.25) is 9.59 Å². The van der Waals surface area contributed by atoms with Crippen molar-refractivity contribution >= 4 is 11.8 Å². The van der Waals surface area contributed by atoms with Gasteiger partial charge in [-0.25, -0.2) is 0 Å². The number of hydrogen-bond donors (Lipinski definition) is 1. The summed E-state index contributed by atoms with van der Waals surface area (Å²) in [5, 5.41) is 0. The predicted octanol–water partition coefficient (Wildman–Crippen LogP) is 2.31. The molecular weight excluding hydrogens is 308 g/mol. The van der Waals surface area contributed by atoms with Crippen molar-refractivity contribution in [3.05, 3.63) is 23.8 Å². The minimum atomic E-state index is -0.627. The van der Waals surface area contributed by atoms with Crippen LogP contribution in [0.2, 0.25) is 0 Å². The molecular formula is C18H28N2O4. The molecule has 6 nitrogen and oxygen atoms in total. The van der Waals surface area contributed by atoms with E-state index in [0.717, 1.165) is 0 Å². The van der Waals surface area contributed by atoms with E-state index in [1.54, 1.807) is 23.1 Å². The Morgan fingerprint density at radius 3 is 2.17 bits per heavy atom. The van der Waals surface area contributed by atoms with Crippen LogP contribution >= 0.6 is 0 Å². The summed E-state index contributed by atoms with van der Waals surface area (Å²) in [6, 6.07) is 4.86. The van der Waals surface area contributed by atoms with E-state index in [1.165, 1.54) is 7.11 Å². The average Bonchev–Trinajstić information content (AvgIpc) is 2.50. The fraction of sp³-hybridized carbons (Fsp3) is 0.556. The number of carbonyl (C=O) groups excluding carboxylic acids is 2. The number of carbonyl (C=O) groups is 2. The van der Waals surface area contributed by atoms with Crippen molar-refractivity contribution in [3.63, 3.8) is 0 Å². The Balaban J connectivity index is 2.90. The third kappa shape index (κ3) is 5.76. The number of para-hydroxylation sites is 1. The van der Waals surface area contributed by atoms with Gasteiger partial charge in [0.25, 0.3) is 11.8 Å². The highest BCUT2D eigenvalue weighted by molar-refractivity contribution is 5.96. The third-order valence-corrected chi connectivity index (χ3v) is 3.33. The first-order valence-electron chi connectivity index (χ1n) is 8.13. The van der Waals surface area contributed by atoms with Gasteiger partial charge in [0.1, 0.15) is 0 Å². The highest BCUT2D eigenvalue weighted by Crippen LogP contribution is 2.30. The van der Waals surface area contributed by atoms with Crippen molar-refractivity contribution in [2.45, 2.75) is 27.7 Å².